The monoisotopic (exact) mass is 247 g/mol. The molecule has 0 aliphatic heterocycles. The van der Waals surface area contributed by atoms with Gasteiger partial charge in [-0.3, -0.25) is 9.59 Å². The summed E-state index contributed by atoms with van der Waals surface area (Å²) in [6.07, 6.45) is 0.149. The van der Waals surface area contributed by atoms with E-state index in [0.29, 0.717) is 23.1 Å². The Balaban J connectivity index is 2.54. The van der Waals surface area contributed by atoms with Crippen LogP contribution in [0.5, 0.6) is 0 Å². The molecule has 94 valence electrons. The molecule has 0 saturated carbocycles. The number of hydrogen-bond donors (Lipinski definition) is 3. The number of rotatable bonds is 4. The molecule has 0 bridgehead atoms. The van der Waals surface area contributed by atoms with E-state index in [0.717, 1.165) is 0 Å². The van der Waals surface area contributed by atoms with Crippen LogP contribution in [0.1, 0.15) is 16.8 Å². The van der Waals surface area contributed by atoms with Gasteiger partial charge >= 0.3 is 0 Å². The number of hydrogen-bond acceptors (Lipinski definition) is 4. The second kappa shape index (κ2) is 4.36. The van der Waals surface area contributed by atoms with Crippen molar-refractivity contribution in [2.24, 2.45) is 11.5 Å². The van der Waals surface area contributed by atoms with Crippen molar-refractivity contribution in [2.75, 3.05) is 5.73 Å². The number of aromatic nitrogens is 2. The lowest BCUT2D eigenvalue weighted by Crippen LogP contribution is -2.15. The van der Waals surface area contributed by atoms with Gasteiger partial charge in [0.15, 0.2) is 0 Å². The van der Waals surface area contributed by atoms with E-state index >= 15 is 0 Å². The summed E-state index contributed by atoms with van der Waals surface area (Å²) in [5.41, 5.74) is 17.5. The van der Waals surface area contributed by atoms with Crippen LogP contribution in [-0.2, 0) is 11.3 Å². The van der Waals surface area contributed by atoms with E-state index in [2.05, 4.69) is 4.98 Å². The van der Waals surface area contributed by atoms with Gasteiger partial charge in [0, 0.05) is 13.0 Å². The summed E-state index contributed by atoms with van der Waals surface area (Å²) >= 11 is 0. The van der Waals surface area contributed by atoms with Gasteiger partial charge in [-0.1, -0.05) is 6.07 Å². The van der Waals surface area contributed by atoms with Crippen LogP contribution in [0.3, 0.4) is 0 Å². The summed E-state index contributed by atoms with van der Waals surface area (Å²) in [5, 5.41) is 0. The summed E-state index contributed by atoms with van der Waals surface area (Å²) in [6, 6.07) is 5.02. The molecule has 0 aliphatic carbocycles. The van der Waals surface area contributed by atoms with E-state index in [1.807, 2.05) is 0 Å². The van der Waals surface area contributed by atoms with Gasteiger partial charge in [-0.25, -0.2) is 4.98 Å². The molecule has 6 N–H and O–H groups in total. The van der Waals surface area contributed by atoms with Crippen LogP contribution < -0.4 is 17.2 Å². The molecule has 2 rings (SSSR count). The smallest absolute Gasteiger partial charge is 0.250 e. The molecular formula is C11H13N5O2. The largest absolute Gasteiger partial charge is 0.370 e. The van der Waals surface area contributed by atoms with Gasteiger partial charge in [0.1, 0.15) is 5.52 Å². The van der Waals surface area contributed by atoms with E-state index < -0.39 is 11.8 Å². The number of aryl methyl sites for hydroxylation is 1. The minimum absolute atomic E-state index is 0.149. The Bertz CT molecular complexity index is 632. The van der Waals surface area contributed by atoms with Gasteiger partial charge in [-0.2, -0.15) is 0 Å². The summed E-state index contributed by atoms with van der Waals surface area (Å²) in [7, 11) is 0. The van der Waals surface area contributed by atoms with E-state index in [1.54, 1.807) is 22.8 Å². The third kappa shape index (κ3) is 1.97. The number of nitrogens with two attached hydrogens (primary N) is 3. The van der Waals surface area contributed by atoms with Gasteiger partial charge in [0.25, 0.3) is 5.91 Å². The third-order valence-electron chi connectivity index (χ3n) is 2.66. The lowest BCUT2D eigenvalue weighted by atomic mass is 10.2. The zero-order valence-electron chi connectivity index (χ0n) is 9.59. The standard InChI is InChI=1S/C11H13N5O2/c12-8(17)4-5-16-7-3-1-2-6(10(13)18)9(7)15-11(16)14/h1-3H,4-5H2,(H2,12,17)(H2,13,18)(H2,14,15). The number of anilines is 1. The molecular weight excluding hydrogens is 234 g/mol. The van der Waals surface area contributed by atoms with Crippen molar-refractivity contribution in [3.05, 3.63) is 23.8 Å². The van der Waals surface area contributed by atoms with E-state index in [4.69, 9.17) is 17.2 Å². The maximum Gasteiger partial charge on any atom is 0.250 e. The normalized spacial score (nSPS) is 10.7. The SMILES string of the molecule is NC(=O)CCn1c(N)nc2c(C(N)=O)cccc21. The Labute approximate surface area is 103 Å². The van der Waals surface area contributed by atoms with Crippen LogP contribution >= 0.6 is 0 Å². The van der Waals surface area contributed by atoms with Gasteiger partial charge in [0.05, 0.1) is 11.1 Å². The Kier molecular flexibility index (Phi) is 2.88. The number of nitrogens with zero attached hydrogens (tertiary/aromatic N) is 2. The molecule has 2 aromatic rings. The molecule has 18 heavy (non-hydrogen) atoms. The summed E-state index contributed by atoms with van der Waals surface area (Å²) in [4.78, 5) is 26.2. The fraction of sp³-hybridized carbons (Fsp3) is 0.182. The van der Waals surface area contributed by atoms with Crippen molar-refractivity contribution in [1.82, 2.24) is 9.55 Å². The highest BCUT2D eigenvalue weighted by atomic mass is 16.1. The lowest BCUT2D eigenvalue weighted by molar-refractivity contribution is -0.118. The third-order valence-corrected chi connectivity index (χ3v) is 2.66. The summed E-state index contributed by atoms with van der Waals surface area (Å²) in [6.45, 7) is 0.319. The first-order chi connectivity index (χ1) is 8.50. The van der Waals surface area contributed by atoms with E-state index in [1.165, 1.54) is 0 Å². The molecule has 1 aromatic heterocycles. The molecule has 0 fully saturated rings. The highest BCUT2D eigenvalue weighted by Gasteiger charge is 2.14. The Morgan fingerprint density at radius 3 is 2.61 bits per heavy atom. The zero-order valence-corrected chi connectivity index (χ0v) is 9.59. The maximum absolute atomic E-state index is 11.3. The van der Waals surface area contributed by atoms with Gasteiger partial charge < -0.3 is 21.8 Å². The number of nitrogen functional groups attached to an aromatic ring is 1. The number of carbonyl (C=O) groups is 2. The fourth-order valence-corrected chi connectivity index (χ4v) is 1.82. The second-order valence-electron chi connectivity index (χ2n) is 3.88. The average molecular weight is 247 g/mol. The zero-order chi connectivity index (χ0) is 13.3. The highest BCUT2D eigenvalue weighted by molar-refractivity contribution is 6.04. The molecule has 7 nitrogen and oxygen atoms in total. The second-order valence-corrected chi connectivity index (χ2v) is 3.88. The van der Waals surface area contributed by atoms with Crippen molar-refractivity contribution in [3.63, 3.8) is 0 Å². The first-order valence-corrected chi connectivity index (χ1v) is 5.33. The molecule has 1 heterocycles. The first kappa shape index (κ1) is 11.9. The summed E-state index contributed by atoms with van der Waals surface area (Å²) < 4.78 is 1.63. The Morgan fingerprint density at radius 2 is 2.00 bits per heavy atom. The van der Waals surface area contributed by atoms with Crippen LogP contribution in [0.2, 0.25) is 0 Å². The Morgan fingerprint density at radius 1 is 1.28 bits per heavy atom. The number of amides is 2. The van der Waals surface area contributed by atoms with Crippen molar-refractivity contribution in [1.29, 1.82) is 0 Å². The number of fused-ring (bicyclic) bond motifs is 1. The maximum atomic E-state index is 11.3. The number of benzene rings is 1. The highest BCUT2D eigenvalue weighted by Crippen LogP contribution is 2.21. The van der Waals surface area contributed by atoms with Crippen LogP contribution in [0.15, 0.2) is 18.2 Å². The quantitative estimate of drug-likeness (QED) is 0.678. The van der Waals surface area contributed by atoms with Crippen molar-refractivity contribution < 1.29 is 9.59 Å². The van der Waals surface area contributed by atoms with E-state index in [-0.39, 0.29) is 12.4 Å². The molecule has 1 aromatic carbocycles. The predicted octanol–water partition coefficient (Wildman–Crippen LogP) is -0.407. The van der Waals surface area contributed by atoms with Gasteiger partial charge in [-0.15, -0.1) is 0 Å². The number of para-hydroxylation sites is 1. The topological polar surface area (TPSA) is 130 Å². The molecule has 0 spiro atoms. The number of carbonyl (C=O) groups excluding carboxylic acids is 2. The number of imidazole rings is 1. The molecule has 2 amide bonds. The van der Waals surface area contributed by atoms with Crippen molar-refractivity contribution in [2.45, 2.75) is 13.0 Å². The van der Waals surface area contributed by atoms with Gasteiger partial charge in [-0.05, 0) is 12.1 Å². The fourth-order valence-electron chi connectivity index (χ4n) is 1.82. The van der Waals surface area contributed by atoms with Crippen molar-refractivity contribution >= 4 is 28.8 Å². The molecule has 7 heteroatoms. The molecule has 0 atom stereocenters. The van der Waals surface area contributed by atoms with E-state index in [9.17, 15) is 9.59 Å². The number of primary amides is 2. The minimum atomic E-state index is -0.569. The molecule has 0 unspecified atom stereocenters. The first-order valence-electron chi connectivity index (χ1n) is 5.33. The lowest BCUT2D eigenvalue weighted by Gasteiger charge is -2.04. The van der Waals surface area contributed by atoms with Crippen LogP contribution in [0.4, 0.5) is 5.95 Å². The molecule has 0 radical (unpaired) electrons. The summed E-state index contributed by atoms with van der Waals surface area (Å²) in [5.74, 6) is -0.776. The predicted molar refractivity (Wildman–Crippen MR) is 66.5 cm³/mol. The minimum Gasteiger partial charge on any atom is -0.370 e. The Hall–Kier alpha value is -2.57. The van der Waals surface area contributed by atoms with Crippen molar-refractivity contribution in [3.8, 4) is 0 Å². The molecule has 0 aliphatic rings. The van der Waals surface area contributed by atoms with Crippen LogP contribution in [-0.4, -0.2) is 21.4 Å². The van der Waals surface area contributed by atoms with Crippen LogP contribution in [0.25, 0.3) is 11.0 Å². The van der Waals surface area contributed by atoms with Crippen LogP contribution in [0, 0.1) is 0 Å². The average Bonchev–Trinajstić information content (AvgIpc) is 2.61. The molecule has 0 saturated heterocycles. The van der Waals surface area contributed by atoms with Gasteiger partial charge in [0.2, 0.25) is 11.9 Å².